The number of carbonyl (C=O) groups excluding carboxylic acids is 3. The van der Waals surface area contributed by atoms with Crippen molar-refractivity contribution in [2.45, 2.75) is 85.6 Å². The molecule has 0 aromatic heterocycles. The summed E-state index contributed by atoms with van der Waals surface area (Å²) in [5.74, 6) is -8.34. The van der Waals surface area contributed by atoms with E-state index in [-0.39, 0.29) is 44.5 Å². The Morgan fingerprint density at radius 1 is 0.949 bits per heavy atom. The zero-order valence-electron chi connectivity index (χ0n) is 35.3. The first-order chi connectivity index (χ1) is 27.7. The van der Waals surface area contributed by atoms with Crippen molar-refractivity contribution in [1.82, 2.24) is 9.91 Å². The number of fused-ring (bicyclic) bond motifs is 14. The van der Waals surface area contributed by atoms with Gasteiger partial charge in [-0.1, -0.05) is 45.9 Å². The number of likely N-dealkylation sites (N-methyl/N-ethyl adjacent to an activating group) is 1. The molecule has 0 spiro atoms. The van der Waals surface area contributed by atoms with E-state index in [0.717, 1.165) is 13.1 Å². The number of carbonyl (C=O) groups is 3. The fourth-order valence-electron chi connectivity index (χ4n) is 7.92. The van der Waals surface area contributed by atoms with Gasteiger partial charge in [0.1, 0.15) is 23.4 Å². The number of amides is 1. The molecule has 0 saturated carbocycles. The third-order valence-corrected chi connectivity index (χ3v) is 11.9. The minimum Gasteiger partial charge on any atom is -0.507 e. The largest absolute Gasteiger partial charge is 0.507 e. The van der Waals surface area contributed by atoms with Crippen molar-refractivity contribution in [2.24, 2.45) is 28.8 Å². The zero-order valence-corrected chi connectivity index (χ0v) is 35.3. The van der Waals surface area contributed by atoms with Crippen LogP contribution in [0.15, 0.2) is 41.2 Å². The Bertz CT molecular complexity index is 2070. The lowest BCUT2D eigenvalue weighted by molar-refractivity contribution is -0.160. The molecule has 59 heavy (non-hydrogen) atoms. The Morgan fingerprint density at radius 3 is 2.24 bits per heavy atom. The number of esters is 1. The second kappa shape index (κ2) is 18.0. The molecule has 5 bridgehead atoms. The summed E-state index contributed by atoms with van der Waals surface area (Å²) in [5.41, 5.74) is -0.350. The lowest BCUT2D eigenvalue weighted by Crippen LogP contribution is -2.46. The van der Waals surface area contributed by atoms with Crippen molar-refractivity contribution >= 4 is 40.3 Å². The number of allylic oxidation sites excluding steroid dienone is 2. The molecule has 0 aliphatic carbocycles. The van der Waals surface area contributed by atoms with E-state index in [0.29, 0.717) is 13.1 Å². The second-order valence-electron chi connectivity index (χ2n) is 16.1. The molecule has 322 valence electrons. The number of piperazine rings is 1. The first-order valence-corrected chi connectivity index (χ1v) is 19.8. The number of Topliss-reactive ketones (excluding diaryl/α,β-unsaturated/α-hetero) is 1. The molecule has 2 aromatic carbocycles. The highest BCUT2D eigenvalue weighted by atomic mass is 16.7. The Hall–Kier alpha value is -5.16. The number of hydrogen-bond acceptors (Lipinski definition) is 15. The van der Waals surface area contributed by atoms with Crippen LogP contribution >= 0.6 is 0 Å². The summed E-state index contributed by atoms with van der Waals surface area (Å²) in [4.78, 5) is 42.6. The summed E-state index contributed by atoms with van der Waals surface area (Å²) in [6, 6.07) is 0. The van der Waals surface area contributed by atoms with Crippen molar-refractivity contribution in [2.75, 3.05) is 45.7 Å². The van der Waals surface area contributed by atoms with E-state index in [1.807, 2.05) is 7.05 Å². The molecule has 1 saturated heterocycles. The van der Waals surface area contributed by atoms with Gasteiger partial charge in [-0.2, -0.15) is 5.10 Å². The van der Waals surface area contributed by atoms with Gasteiger partial charge in [-0.05, 0) is 27.0 Å². The number of phenolic OH excluding ortho intramolecular Hbond substituents is 3. The molecule has 16 heteroatoms. The summed E-state index contributed by atoms with van der Waals surface area (Å²) < 4.78 is 23.6. The highest BCUT2D eigenvalue weighted by Gasteiger charge is 2.50. The van der Waals surface area contributed by atoms with Crippen molar-refractivity contribution in [1.29, 1.82) is 0 Å². The van der Waals surface area contributed by atoms with Crippen LogP contribution in [0.4, 0.5) is 5.69 Å². The maximum atomic E-state index is 14.4. The van der Waals surface area contributed by atoms with Gasteiger partial charge in [-0.15, -0.1) is 0 Å². The average Bonchev–Trinajstić information content (AvgIpc) is 3.46. The van der Waals surface area contributed by atoms with Crippen molar-refractivity contribution < 1.29 is 58.9 Å². The Labute approximate surface area is 344 Å². The Morgan fingerprint density at radius 2 is 1.61 bits per heavy atom. The monoisotopic (exact) mass is 822 g/mol. The highest BCUT2D eigenvalue weighted by Crippen LogP contribution is 2.55. The number of methoxy groups -OCH3 is 1. The Balaban J connectivity index is 1.70. The number of ether oxygens (including phenoxy) is 4. The van der Waals surface area contributed by atoms with Gasteiger partial charge in [0, 0.05) is 87.3 Å². The third-order valence-electron chi connectivity index (χ3n) is 11.9. The number of ketones is 1. The number of aromatic hydroxyl groups is 3. The van der Waals surface area contributed by atoms with Crippen LogP contribution < -0.4 is 10.1 Å². The maximum Gasteiger partial charge on any atom is 0.312 e. The van der Waals surface area contributed by atoms with Crippen LogP contribution in [0.5, 0.6) is 23.0 Å². The van der Waals surface area contributed by atoms with E-state index in [4.69, 9.17) is 18.9 Å². The molecule has 0 radical (unpaired) electrons. The smallest absolute Gasteiger partial charge is 0.312 e. The molecule has 9 atom stereocenters. The molecular formula is C43H58N4O12. The Kier molecular flexibility index (Phi) is 13.7. The molecule has 1 fully saturated rings. The minimum absolute atomic E-state index is 0.0559. The van der Waals surface area contributed by atoms with Crippen LogP contribution in [0.3, 0.4) is 0 Å². The van der Waals surface area contributed by atoms with Gasteiger partial charge < -0.3 is 54.7 Å². The quantitative estimate of drug-likeness (QED) is 0.109. The van der Waals surface area contributed by atoms with Crippen molar-refractivity contribution in [3.8, 4) is 23.0 Å². The van der Waals surface area contributed by atoms with Crippen LogP contribution in [0.25, 0.3) is 10.8 Å². The number of hydrazone groups is 1. The van der Waals surface area contributed by atoms with Crippen LogP contribution in [0.2, 0.25) is 0 Å². The molecular weight excluding hydrogens is 764 g/mol. The predicted octanol–water partition coefficient (Wildman–Crippen LogP) is 4.34. The minimum atomic E-state index is -2.04. The van der Waals surface area contributed by atoms with Crippen LogP contribution in [-0.2, 0) is 23.8 Å². The second-order valence-corrected chi connectivity index (χ2v) is 16.1. The number of rotatable bonds is 4. The van der Waals surface area contributed by atoms with E-state index in [1.54, 1.807) is 44.9 Å². The lowest BCUT2D eigenvalue weighted by Gasteiger charge is -2.38. The summed E-state index contributed by atoms with van der Waals surface area (Å²) in [6.45, 7) is 15.1. The van der Waals surface area contributed by atoms with Gasteiger partial charge in [0.25, 0.3) is 11.7 Å². The molecule has 6 N–H and O–H groups in total. The van der Waals surface area contributed by atoms with Gasteiger partial charge in [0.15, 0.2) is 5.75 Å². The predicted molar refractivity (Wildman–Crippen MR) is 220 cm³/mol. The molecule has 0 unspecified atom stereocenters. The van der Waals surface area contributed by atoms with Gasteiger partial charge in [-0.3, -0.25) is 19.4 Å². The SMILES string of the molecule is CO[C@H]1/C=C/O[C@@]2(C)Oc3c(C)c(O)c4c(O)c(c(C=NN5CCN(C)CC5)c(O)c4c3C2=O)NC(=O)/C(C)=C\C=C\[C@H](C)[C@H](O)[C@@H](C)[C@@H](O)[C@H](C)[C@@H](OC(C)=O)[C@@H]1C. The third kappa shape index (κ3) is 8.91. The number of nitrogens with zero attached hydrogens (tertiary/aromatic N) is 3. The van der Waals surface area contributed by atoms with Gasteiger partial charge in [-0.25, -0.2) is 0 Å². The van der Waals surface area contributed by atoms with Crippen LogP contribution in [0, 0.1) is 30.6 Å². The molecule has 4 aliphatic rings. The summed E-state index contributed by atoms with van der Waals surface area (Å²) in [5, 5.41) is 66.8. The average molecular weight is 823 g/mol. The summed E-state index contributed by atoms with van der Waals surface area (Å²) >= 11 is 0. The van der Waals surface area contributed by atoms with Gasteiger partial charge in [0.05, 0.1) is 53.0 Å². The molecule has 6 rings (SSSR count). The fourth-order valence-corrected chi connectivity index (χ4v) is 7.92. The number of hydrogen-bond donors (Lipinski definition) is 6. The highest BCUT2D eigenvalue weighted by molar-refractivity contribution is 6.23. The number of aliphatic hydroxyl groups excluding tert-OH is 2. The lowest BCUT2D eigenvalue weighted by atomic mass is 9.78. The first kappa shape index (κ1) is 44.9. The molecule has 1 amide bonds. The zero-order chi connectivity index (χ0) is 43.7. The number of phenols is 3. The maximum absolute atomic E-state index is 14.4. The number of nitrogens with one attached hydrogen (secondary N) is 1. The topological polar surface area (TPSA) is 220 Å². The van der Waals surface area contributed by atoms with Crippen LogP contribution in [-0.4, -0.2) is 130 Å². The molecule has 16 nitrogen and oxygen atoms in total. The molecule has 2 aromatic rings. The van der Waals surface area contributed by atoms with Crippen molar-refractivity contribution in [3.05, 3.63) is 52.8 Å². The number of benzene rings is 2. The first-order valence-electron chi connectivity index (χ1n) is 19.8. The van der Waals surface area contributed by atoms with E-state index < -0.39 is 88.8 Å². The molecule has 4 aliphatic heterocycles. The van der Waals surface area contributed by atoms with Gasteiger partial charge in [0.2, 0.25) is 0 Å². The van der Waals surface area contributed by atoms with Crippen molar-refractivity contribution in [3.63, 3.8) is 0 Å². The van der Waals surface area contributed by atoms with Gasteiger partial charge >= 0.3 is 11.8 Å². The van der Waals surface area contributed by atoms with E-state index >= 15 is 0 Å². The number of aliphatic hydroxyl groups is 2. The van der Waals surface area contributed by atoms with E-state index in [9.17, 15) is 39.9 Å². The summed E-state index contributed by atoms with van der Waals surface area (Å²) in [6.07, 6.45) is 4.86. The normalized spacial score (nSPS) is 32.1. The summed E-state index contributed by atoms with van der Waals surface area (Å²) in [7, 11) is 3.42. The van der Waals surface area contributed by atoms with E-state index in [2.05, 4.69) is 15.3 Å². The van der Waals surface area contributed by atoms with Crippen LogP contribution in [0.1, 0.15) is 70.0 Å². The molecule has 4 heterocycles. The number of anilines is 1. The van der Waals surface area contributed by atoms with E-state index in [1.165, 1.54) is 59.4 Å². The fraction of sp³-hybridized carbons (Fsp3) is 0.535. The standard InChI is InChI=1S/C43H58N4O12/c1-21-12-11-13-22(2)42(55)45-33-28(20-44-47-17-15-46(9)16-18-47)37(52)30-31(38(33)53)36(51)26(6)40-32(30)41(54)43(8,59-40)57-19-14-29(56-10)23(3)39(58-27(7)48)25(5)35(50)24(4)34(21)49/h11-14,19-21,23-25,29,34-35,39,49-53H,15-18H2,1-10H3,(H,45,55)/b12-11+,19-14+,22-13-,44-20?/t21-,23+,24+,25-,29-,34-,35+,39-,43-/m0/s1.